The van der Waals surface area contributed by atoms with Crippen molar-refractivity contribution >= 4 is 17.4 Å². The molecule has 2 rings (SSSR count). The van der Waals surface area contributed by atoms with E-state index in [2.05, 4.69) is 15.4 Å². The highest BCUT2D eigenvalue weighted by molar-refractivity contribution is 6.06. The maximum atomic E-state index is 13.9. The zero-order valence-electron chi connectivity index (χ0n) is 10.2. The second-order valence-electron chi connectivity index (χ2n) is 3.74. The minimum Gasteiger partial charge on any atom is -0.311 e. The van der Waals surface area contributed by atoms with E-state index in [4.69, 9.17) is 5.84 Å². The quantitative estimate of drug-likeness (QED) is 0.640. The van der Waals surface area contributed by atoms with Gasteiger partial charge in [0.1, 0.15) is 0 Å². The zero-order chi connectivity index (χ0) is 13.8. The number of carbonyl (C=O) groups excluding carboxylic acids is 1. The number of nitrogens with zero attached hydrogens (tertiary/aromatic N) is 3. The third-order valence-electron chi connectivity index (χ3n) is 2.61. The van der Waals surface area contributed by atoms with Gasteiger partial charge in [0.15, 0.2) is 11.6 Å². The number of amides is 1. The van der Waals surface area contributed by atoms with E-state index in [1.54, 1.807) is 31.6 Å². The lowest BCUT2D eigenvalue weighted by Crippen LogP contribution is -2.27. The van der Waals surface area contributed by atoms with Crippen LogP contribution in [0.2, 0.25) is 0 Å². The van der Waals surface area contributed by atoms with Gasteiger partial charge in [0.25, 0.3) is 5.91 Å². The lowest BCUT2D eigenvalue weighted by Gasteiger charge is -2.17. The van der Waals surface area contributed by atoms with E-state index in [9.17, 15) is 9.18 Å². The molecule has 0 saturated carbocycles. The first kappa shape index (κ1) is 12.9. The number of anilines is 2. The predicted octanol–water partition coefficient (Wildman–Crippen LogP) is 1.18. The molecule has 3 N–H and O–H groups in total. The molecule has 0 aromatic carbocycles. The number of nitrogens with one attached hydrogen (secondary N) is 1. The summed E-state index contributed by atoms with van der Waals surface area (Å²) in [5.74, 6) is 3.67. The van der Waals surface area contributed by atoms with Gasteiger partial charge in [-0.25, -0.2) is 15.2 Å². The second kappa shape index (κ2) is 5.40. The molecule has 0 saturated heterocycles. The molecule has 0 aliphatic carbocycles. The lowest BCUT2D eigenvalue weighted by molar-refractivity contribution is 0.0989. The van der Waals surface area contributed by atoms with E-state index in [1.807, 2.05) is 0 Å². The van der Waals surface area contributed by atoms with Gasteiger partial charge in [0.05, 0.1) is 5.56 Å². The predicted molar refractivity (Wildman–Crippen MR) is 69.0 cm³/mol. The summed E-state index contributed by atoms with van der Waals surface area (Å²) in [7, 11) is 1.55. The van der Waals surface area contributed by atoms with Crippen LogP contribution in [0.4, 0.5) is 15.9 Å². The first-order valence-corrected chi connectivity index (χ1v) is 5.44. The highest BCUT2D eigenvalue weighted by Gasteiger charge is 2.19. The average molecular weight is 261 g/mol. The summed E-state index contributed by atoms with van der Waals surface area (Å²) in [4.78, 5) is 21.1. The third-order valence-corrected chi connectivity index (χ3v) is 2.61. The Kier molecular flexibility index (Phi) is 3.67. The van der Waals surface area contributed by atoms with Gasteiger partial charge in [-0.1, -0.05) is 0 Å². The van der Waals surface area contributed by atoms with Crippen LogP contribution in [-0.4, -0.2) is 22.9 Å². The Balaban J connectivity index is 2.35. The van der Waals surface area contributed by atoms with Gasteiger partial charge < -0.3 is 10.3 Å². The summed E-state index contributed by atoms with van der Waals surface area (Å²) in [5.41, 5.74) is 2.60. The zero-order valence-corrected chi connectivity index (χ0v) is 10.2. The van der Waals surface area contributed by atoms with Gasteiger partial charge in [-0.15, -0.1) is 0 Å². The van der Waals surface area contributed by atoms with E-state index < -0.39 is 11.7 Å². The van der Waals surface area contributed by atoms with Crippen LogP contribution in [0.1, 0.15) is 10.4 Å². The van der Waals surface area contributed by atoms with Crippen LogP contribution in [0.25, 0.3) is 0 Å². The van der Waals surface area contributed by atoms with Crippen LogP contribution in [0, 0.1) is 5.82 Å². The number of halogens is 1. The number of nitrogen functional groups attached to an aromatic ring is 1. The molecule has 2 aromatic heterocycles. The fourth-order valence-electron chi connectivity index (χ4n) is 1.58. The Morgan fingerprint density at radius 2 is 2.00 bits per heavy atom. The summed E-state index contributed by atoms with van der Waals surface area (Å²) in [6.45, 7) is 0. The standard InChI is InChI=1S/C12H12FN5O/c1-18(8-2-5-15-6-3-8)12(19)9-4-7-16-11(17-14)10(9)13/h2-7H,14H2,1H3,(H,16,17). The Morgan fingerprint density at radius 3 is 2.63 bits per heavy atom. The van der Waals surface area contributed by atoms with Crippen molar-refractivity contribution in [3.05, 3.63) is 48.2 Å². The van der Waals surface area contributed by atoms with Crippen molar-refractivity contribution in [1.82, 2.24) is 9.97 Å². The van der Waals surface area contributed by atoms with Gasteiger partial charge >= 0.3 is 0 Å². The molecular formula is C12H12FN5O. The van der Waals surface area contributed by atoms with E-state index in [-0.39, 0.29) is 11.4 Å². The van der Waals surface area contributed by atoms with Crippen molar-refractivity contribution in [2.24, 2.45) is 5.84 Å². The largest absolute Gasteiger partial charge is 0.311 e. The first-order chi connectivity index (χ1) is 9.15. The maximum absolute atomic E-state index is 13.9. The number of rotatable bonds is 3. The molecule has 98 valence electrons. The van der Waals surface area contributed by atoms with Gasteiger partial charge in [-0.05, 0) is 18.2 Å². The summed E-state index contributed by atoms with van der Waals surface area (Å²) in [6.07, 6.45) is 4.41. The number of pyridine rings is 2. The molecule has 0 aliphatic heterocycles. The Morgan fingerprint density at radius 1 is 1.32 bits per heavy atom. The SMILES string of the molecule is CN(C(=O)c1ccnc(NN)c1F)c1ccncc1. The van der Waals surface area contributed by atoms with Crippen LogP contribution in [0.3, 0.4) is 0 Å². The number of hydrogen-bond donors (Lipinski definition) is 2. The number of hydrogen-bond acceptors (Lipinski definition) is 5. The summed E-state index contributed by atoms with van der Waals surface area (Å²) in [6, 6.07) is 4.61. The minimum atomic E-state index is -0.782. The molecule has 0 radical (unpaired) electrons. The smallest absolute Gasteiger partial charge is 0.261 e. The number of hydrazine groups is 1. The molecule has 0 atom stereocenters. The third kappa shape index (κ3) is 2.50. The molecule has 0 bridgehead atoms. The highest BCUT2D eigenvalue weighted by atomic mass is 19.1. The summed E-state index contributed by atoms with van der Waals surface area (Å²) < 4.78 is 13.9. The van der Waals surface area contributed by atoms with Gasteiger partial charge in [0.2, 0.25) is 0 Å². The Labute approximate surface area is 109 Å². The topological polar surface area (TPSA) is 84.1 Å². The van der Waals surface area contributed by atoms with Crippen LogP contribution < -0.4 is 16.2 Å². The normalized spacial score (nSPS) is 10.1. The van der Waals surface area contributed by atoms with E-state index in [0.717, 1.165) is 0 Å². The van der Waals surface area contributed by atoms with Crippen molar-refractivity contribution < 1.29 is 9.18 Å². The van der Waals surface area contributed by atoms with Gasteiger partial charge in [-0.3, -0.25) is 9.78 Å². The fraction of sp³-hybridized carbons (Fsp3) is 0.0833. The van der Waals surface area contributed by atoms with Crippen molar-refractivity contribution in [2.45, 2.75) is 0 Å². The Bertz CT molecular complexity index is 590. The van der Waals surface area contributed by atoms with Crippen LogP contribution in [0.5, 0.6) is 0 Å². The number of nitrogens with two attached hydrogens (primary N) is 1. The number of carbonyl (C=O) groups is 1. The molecule has 0 aliphatic rings. The van der Waals surface area contributed by atoms with Crippen molar-refractivity contribution in [1.29, 1.82) is 0 Å². The van der Waals surface area contributed by atoms with Gasteiger partial charge in [0, 0.05) is 31.3 Å². The van der Waals surface area contributed by atoms with E-state index in [0.29, 0.717) is 5.69 Å². The monoisotopic (exact) mass is 261 g/mol. The van der Waals surface area contributed by atoms with Crippen LogP contribution >= 0.6 is 0 Å². The highest BCUT2D eigenvalue weighted by Crippen LogP contribution is 2.19. The average Bonchev–Trinajstić information content (AvgIpc) is 2.47. The maximum Gasteiger partial charge on any atom is 0.261 e. The second-order valence-corrected chi connectivity index (χ2v) is 3.74. The van der Waals surface area contributed by atoms with Crippen molar-refractivity contribution in [3.8, 4) is 0 Å². The lowest BCUT2D eigenvalue weighted by atomic mass is 10.2. The molecule has 0 spiro atoms. The Hall–Kier alpha value is -2.54. The van der Waals surface area contributed by atoms with E-state index in [1.165, 1.54) is 17.2 Å². The summed E-state index contributed by atoms with van der Waals surface area (Å²) >= 11 is 0. The van der Waals surface area contributed by atoms with E-state index >= 15 is 0 Å². The van der Waals surface area contributed by atoms with Crippen molar-refractivity contribution in [2.75, 3.05) is 17.4 Å². The van der Waals surface area contributed by atoms with Crippen LogP contribution in [0.15, 0.2) is 36.8 Å². The molecule has 6 nitrogen and oxygen atoms in total. The molecule has 2 aromatic rings. The molecular weight excluding hydrogens is 249 g/mol. The molecule has 0 unspecified atom stereocenters. The molecule has 19 heavy (non-hydrogen) atoms. The summed E-state index contributed by atoms with van der Waals surface area (Å²) in [5, 5.41) is 0. The van der Waals surface area contributed by atoms with Gasteiger partial charge in [-0.2, -0.15) is 0 Å². The molecule has 0 fully saturated rings. The fourth-order valence-corrected chi connectivity index (χ4v) is 1.58. The molecule has 1 amide bonds. The number of aromatic nitrogens is 2. The molecule has 7 heteroatoms. The minimum absolute atomic E-state index is 0.109. The van der Waals surface area contributed by atoms with Crippen molar-refractivity contribution in [3.63, 3.8) is 0 Å². The van der Waals surface area contributed by atoms with Crippen LogP contribution in [-0.2, 0) is 0 Å². The molecule has 2 heterocycles. The first-order valence-electron chi connectivity index (χ1n) is 5.44.